The molecule has 4 heterocycles. The predicted molar refractivity (Wildman–Crippen MR) is 405 cm³/mol. The standard InChI is InChI=1S/C45H40N2.C43H38N2.C2H6/c1-43(2)37-26-35-34-24-30(19-21-39(34)46-40(35)27-38(37)44(3,4)45(43,5)6)31-20-22-42-36(25-31)33-17-10-11-18-41(33)47(42)32-16-12-15-29(23-32)28-13-8-7-9-14-28;1-41(2)35-24-32-31-20-28(16-18-37(31)44-38(32)25-36(35)42(3,4)43(41,5)6)29-17-19-39-33(22-29)34-21-26-12-10-11-13-27(26)23-40(34)45(39)30-14-8-7-9-15-30;1-2/h7-27,46H,1-6H3;7-25,44H,1-6H3;1-2H3. The summed E-state index contributed by atoms with van der Waals surface area (Å²) in [5, 5.41) is 12.8. The topological polar surface area (TPSA) is 41.4 Å². The minimum Gasteiger partial charge on any atom is -0.355 e. The summed E-state index contributed by atoms with van der Waals surface area (Å²) in [4.78, 5) is 7.53. The lowest BCUT2D eigenvalue weighted by Crippen LogP contribution is -2.42. The maximum absolute atomic E-state index is 3.77. The van der Waals surface area contributed by atoms with Crippen LogP contribution in [0.2, 0.25) is 0 Å². The zero-order valence-corrected chi connectivity index (χ0v) is 57.0. The van der Waals surface area contributed by atoms with E-state index in [-0.39, 0.29) is 32.5 Å². The number of nitrogens with zero attached hydrogens (tertiary/aromatic N) is 2. The number of rotatable bonds is 5. The molecule has 464 valence electrons. The first kappa shape index (κ1) is 59.1. The van der Waals surface area contributed by atoms with Gasteiger partial charge in [0.15, 0.2) is 0 Å². The van der Waals surface area contributed by atoms with Crippen LogP contribution in [0.25, 0.3) is 143 Å². The van der Waals surface area contributed by atoms with Crippen molar-refractivity contribution in [2.24, 2.45) is 10.8 Å². The van der Waals surface area contributed by atoms with Crippen LogP contribution in [-0.4, -0.2) is 19.1 Å². The number of aromatic nitrogens is 4. The maximum Gasteiger partial charge on any atom is 0.0547 e. The van der Waals surface area contributed by atoms with Gasteiger partial charge in [-0.2, -0.15) is 0 Å². The van der Waals surface area contributed by atoms with E-state index in [0.29, 0.717) is 0 Å². The lowest BCUT2D eigenvalue weighted by molar-refractivity contribution is 0.125. The molecule has 2 aliphatic rings. The van der Waals surface area contributed by atoms with Crippen molar-refractivity contribution in [3.8, 4) is 44.8 Å². The second kappa shape index (κ2) is 20.8. The number of para-hydroxylation sites is 2. The summed E-state index contributed by atoms with van der Waals surface area (Å²) in [6.07, 6.45) is 0. The van der Waals surface area contributed by atoms with E-state index in [1.165, 1.54) is 165 Å². The van der Waals surface area contributed by atoms with Crippen LogP contribution in [0.3, 0.4) is 0 Å². The SMILES string of the molecule is CC.CC1(C)c2cc3[nH]c4ccc(-c5ccc6c(c5)c5cc7ccccc7cc5n6-c5ccccc5)cc4c3cc2C(C)(C)C1(C)C.CC1(C)c2cc3[nH]c4ccc(-c5ccc6c(c5)c5ccccc5n6-c5cccc(-c6ccccc6)c5)cc4c3cc2C(C)(C)C1(C)C. The van der Waals surface area contributed by atoms with Crippen molar-refractivity contribution in [1.29, 1.82) is 0 Å². The van der Waals surface area contributed by atoms with E-state index >= 15 is 0 Å². The van der Waals surface area contributed by atoms with E-state index < -0.39 is 0 Å². The van der Waals surface area contributed by atoms with E-state index in [4.69, 9.17) is 0 Å². The van der Waals surface area contributed by atoms with Crippen LogP contribution in [-0.2, 0) is 21.7 Å². The van der Waals surface area contributed by atoms with Gasteiger partial charge >= 0.3 is 0 Å². The first-order valence-corrected chi connectivity index (χ1v) is 34.1. The van der Waals surface area contributed by atoms with Crippen molar-refractivity contribution in [2.45, 2.75) is 119 Å². The normalized spacial score (nSPS) is 16.3. The Morgan fingerprint density at radius 1 is 0.234 bits per heavy atom. The average Bonchev–Trinajstić information content (AvgIpc) is 1.54. The van der Waals surface area contributed by atoms with Crippen molar-refractivity contribution in [3.05, 3.63) is 265 Å². The van der Waals surface area contributed by atoms with Crippen molar-refractivity contribution >= 4 is 98.0 Å². The van der Waals surface area contributed by atoms with Crippen molar-refractivity contribution < 1.29 is 0 Å². The third-order valence-electron chi connectivity index (χ3n) is 24.6. The van der Waals surface area contributed by atoms with Gasteiger partial charge in [-0.15, -0.1) is 0 Å². The van der Waals surface area contributed by atoms with Gasteiger partial charge in [0.05, 0.1) is 22.1 Å². The van der Waals surface area contributed by atoms with Crippen LogP contribution in [0, 0.1) is 10.8 Å². The molecule has 0 unspecified atom stereocenters. The Labute approximate surface area is 552 Å². The van der Waals surface area contributed by atoms with Gasteiger partial charge in [-0.3, -0.25) is 0 Å². The molecule has 0 bridgehead atoms. The molecule has 0 atom stereocenters. The number of fused-ring (bicyclic) bond motifs is 15. The first-order chi connectivity index (χ1) is 45.1. The largest absolute Gasteiger partial charge is 0.355 e. The van der Waals surface area contributed by atoms with Gasteiger partial charge in [0.2, 0.25) is 0 Å². The Bertz CT molecular complexity index is 5750. The Hall–Kier alpha value is -9.90. The first-order valence-electron chi connectivity index (χ1n) is 34.1. The number of nitrogens with one attached hydrogen (secondary N) is 2. The minimum atomic E-state index is 0.0705. The molecule has 0 fully saturated rings. The Morgan fingerprint density at radius 2 is 0.596 bits per heavy atom. The molecule has 0 spiro atoms. The molecule has 16 aromatic rings. The lowest BCUT2D eigenvalue weighted by atomic mass is 9.59. The number of aromatic amines is 2. The second-order valence-electron chi connectivity index (χ2n) is 30.0. The molecule has 94 heavy (non-hydrogen) atoms. The van der Waals surface area contributed by atoms with Crippen LogP contribution < -0.4 is 0 Å². The van der Waals surface area contributed by atoms with E-state index in [1.54, 1.807) is 0 Å². The molecule has 4 heteroatoms. The van der Waals surface area contributed by atoms with Crippen LogP contribution in [0.4, 0.5) is 0 Å². The third-order valence-corrected chi connectivity index (χ3v) is 24.6. The molecular formula is C90H84N4. The zero-order chi connectivity index (χ0) is 65.2. The van der Waals surface area contributed by atoms with E-state index in [9.17, 15) is 0 Å². The van der Waals surface area contributed by atoms with Gasteiger partial charge in [-0.25, -0.2) is 0 Å². The smallest absolute Gasteiger partial charge is 0.0547 e. The highest BCUT2D eigenvalue weighted by atomic mass is 15.0. The van der Waals surface area contributed by atoms with Gasteiger partial charge < -0.3 is 19.1 Å². The number of benzene rings is 12. The monoisotopic (exact) mass is 1220 g/mol. The lowest BCUT2D eigenvalue weighted by Gasteiger charge is -2.44. The molecule has 0 aliphatic heterocycles. The van der Waals surface area contributed by atoms with E-state index in [0.717, 1.165) is 0 Å². The van der Waals surface area contributed by atoms with Gasteiger partial charge in [0.25, 0.3) is 0 Å². The summed E-state index contributed by atoms with van der Waals surface area (Å²) in [5.41, 5.74) is 26.0. The van der Waals surface area contributed by atoms with Gasteiger partial charge in [0, 0.05) is 76.5 Å². The molecule has 4 nitrogen and oxygen atoms in total. The summed E-state index contributed by atoms with van der Waals surface area (Å²) in [6, 6.07) is 90.1. The summed E-state index contributed by atoms with van der Waals surface area (Å²) in [7, 11) is 0. The Morgan fingerprint density at radius 3 is 1.13 bits per heavy atom. The maximum atomic E-state index is 3.77. The van der Waals surface area contributed by atoms with E-state index in [1.807, 2.05) is 13.8 Å². The van der Waals surface area contributed by atoms with Gasteiger partial charge in [0.1, 0.15) is 0 Å². The molecule has 12 aromatic carbocycles. The van der Waals surface area contributed by atoms with Gasteiger partial charge in [-0.05, 0) is 214 Å². The van der Waals surface area contributed by atoms with E-state index in [2.05, 4.69) is 345 Å². The van der Waals surface area contributed by atoms with Crippen LogP contribution in [0.1, 0.15) is 119 Å². The van der Waals surface area contributed by atoms with Crippen molar-refractivity contribution in [1.82, 2.24) is 19.1 Å². The average molecular weight is 1220 g/mol. The fraction of sp³-hybridized carbons (Fsp3) is 0.222. The van der Waals surface area contributed by atoms with Crippen molar-refractivity contribution in [2.75, 3.05) is 0 Å². The molecule has 2 N–H and O–H groups in total. The molecule has 0 amide bonds. The Kier molecular flexibility index (Phi) is 13.1. The molecule has 18 rings (SSSR count). The third kappa shape index (κ3) is 8.36. The summed E-state index contributed by atoms with van der Waals surface area (Å²) < 4.78 is 4.82. The summed E-state index contributed by atoms with van der Waals surface area (Å²) >= 11 is 0. The van der Waals surface area contributed by atoms with Crippen molar-refractivity contribution in [3.63, 3.8) is 0 Å². The molecular weight excluding hydrogens is 1140 g/mol. The summed E-state index contributed by atoms with van der Waals surface area (Å²) in [6.45, 7) is 33.1. The van der Waals surface area contributed by atoms with Crippen LogP contribution >= 0.6 is 0 Å². The highest BCUT2D eigenvalue weighted by Crippen LogP contribution is 2.64. The molecule has 0 radical (unpaired) electrons. The summed E-state index contributed by atoms with van der Waals surface area (Å²) in [5.74, 6) is 0. The fourth-order valence-electron chi connectivity index (χ4n) is 16.9. The van der Waals surface area contributed by atoms with Crippen LogP contribution in [0.15, 0.2) is 243 Å². The number of H-pyrrole nitrogens is 2. The Balaban J connectivity index is 0.000000145. The highest BCUT2D eigenvalue weighted by Gasteiger charge is 2.58. The molecule has 0 saturated heterocycles. The second-order valence-corrected chi connectivity index (χ2v) is 30.0. The predicted octanol–water partition coefficient (Wildman–Crippen LogP) is 25.2. The number of hydrogen-bond donors (Lipinski definition) is 2. The minimum absolute atomic E-state index is 0.0705. The van der Waals surface area contributed by atoms with Crippen LogP contribution in [0.5, 0.6) is 0 Å². The molecule has 4 aromatic heterocycles. The molecule has 0 saturated carbocycles. The fourth-order valence-corrected chi connectivity index (χ4v) is 16.9. The van der Waals surface area contributed by atoms with Gasteiger partial charge in [-0.1, -0.05) is 224 Å². The zero-order valence-electron chi connectivity index (χ0n) is 57.0. The highest BCUT2D eigenvalue weighted by molar-refractivity contribution is 6.16. The quantitative estimate of drug-likeness (QED) is 0.172. The number of hydrogen-bond acceptors (Lipinski definition) is 0. The molecule has 2 aliphatic carbocycles.